The Bertz CT molecular complexity index is 815. The summed E-state index contributed by atoms with van der Waals surface area (Å²) < 4.78 is 25.9. The van der Waals surface area contributed by atoms with Crippen molar-refractivity contribution in [2.24, 2.45) is 0 Å². The van der Waals surface area contributed by atoms with Crippen LogP contribution in [0.1, 0.15) is 12.0 Å². The molecule has 0 saturated heterocycles. The van der Waals surface area contributed by atoms with Crippen LogP contribution in [0.15, 0.2) is 41.1 Å². The molecule has 0 saturated carbocycles. The van der Waals surface area contributed by atoms with Crippen molar-refractivity contribution < 1.29 is 13.6 Å². The molecule has 2 heterocycles. The van der Waals surface area contributed by atoms with Gasteiger partial charge in [-0.25, -0.2) is 13.8 Å². The average molecular weight is 350 g/mol. The zero-order valence-corrected chi connectivity index (χ0v) is 13.5. The molecule has 1 amide bonds. The number of aromatic nitrogens is 1. The highest BCUT2D eigenvalue weighted by atomic mass is 32.1. The van der Waals surface area contributed by atoms with E-state index in [1.807, 2.05) is 22.9 Å². The number of carbonyl (C=O) groups excluding carboxylic acids is 1. The van der Waals surface area contributed by atoms with Gasteiger partial charge in [-0.1, -0.05) is 12.1 Å². The van der Waals surface area contributed by atoms with Crippen LogP contribution in [0.2, 0.25) is 0 Å². The van der Waals surface area contributed by atoms with Crippen molar-refractivity contribution in [3.8, 4) is 10.6 Å². The number of rotatable bonds is 5. The van der Waals surface area contributed by atoms with Gasteiger partial charge in [0.2, 0.25) is 5.91 Å². The van der Waals surface area contributed by atoms with Crippen LogP contribution >= 0.6 is 22.7 Å². The van der Waals surface area contributed by atoms with Gasteiger partial charge in [0.25, 0.3) is 0 Å². The molecule has 3 nitrogen and oxygen atoms in total. The minimum absolute atomic E-state index is 0.180. The Kier molecular flexibility index (Phi) is 4.78. The summed E-state index contributed by atoms with van der Waals surface area (Å²) in [5.41, 5.74) is 1.42. The predicted octanol–water partition coefficient (Wildman–Crippen LogP) is 4.72. The summed E-state index contributed by atoms with van der Waals surface area (Å²) in [6, 6.07) is 7.56. The number of nitrogens with zero attached hydrogens (tertiary/aromatic N) is 1. The van der Waals surface area contributed by atoms with Crippen molar-refractivity contribution in [3.63, 3.8) is 0 Å². The number of anilines is 1. The number of carbonyl (C=O) groups is 1. The second-order valence-electron chi connectivity index (χ2n) is 4.81. The highest BCUT2D eigenvalue weighted by Gasteiger charge is 2.10. The van der Waals surface area contributed by atoms with Gasteiger partial charge in [-0.15, -0.1) is 22.7 Å². The van der Waals surface area contributed by atoms with Crippen molar-refractivity contribution in [2.75, 3.05) is 5.32 Å². The Morgan fingerprint density at radius 2 is 2.04 bits per heavy atom. The van der Waals surface area contributed by atoms with Crippen molar-refractivity contribution in [1.29, 1.82) is 0 Å². The van der Waals surface area contributed by atoms with Gasteiger partial charge in [0.15, 0.2) is 16.8 Å². The number of aryl methyl sites for hydroxylation is 1. The molecule has 0 aliphatic heterocycles. The quantitative estimate of drug-likeness (QED) is 0.723. The van der Waals surface area contributed by atoms with Crippen LogP contribution in [0.25, 0.3) is 10.6 Å². The lowest BCUT2D eigenvalue weighted by atomic mass is 10.1. The van der Waals surface area contributed by atoms with Gasteiger partial charge in [-0.3, -0.25) is 4.79 Å². The highest BCUT2D eigenvalue weighted by molar-refractivity contribution is 7.16. The van der Waals surface area contributed by atoms with E-state index in [9.17, 15) is 13.6 Å². The first kappa shape index (κ1) is 15.8. The second-order valence-corrected chi connectivity index (χ2v) is 6.62. The van der Waals surface area contributed by atoms with Crippen LogP contribution < -0.4 is 5.32 Å². The van der Waals surface area contributed by atoms with Gasteiger partial charge < -0.3 is 5.32 Å². The number of thiazole rings is 1. The zero-order chi connectivity index (χ0) is 16.2. The van der Waals surface area contributed by atoms with E-state index in [0.29, 0.717) is 17.1 Å². The van der Waals surface area contributed by atoms with Gasteiger partial charge in [-0.2, -0.15) is 0 Å². The van der Waals surface area contributed by atoms with E-state index >= 15 is 0 Å². The molecule has 0 aliphatic rings. The summed E-state index contributed by atoms with van der Waals surface area (Å²) in [6.45, 7) is 0. The summed E-state index contributed by atoms with van der Waals surface area (Å²) in [6.07, 6.45) is 0.519. The first-order chi connectivity index (χ1) is 11.1. The van der Waals surface area contributed by atoms with E-state index < -0.39 is 11.6 Å². The van der Waals surface area contributed by atoms with E-state index in [-0.39, 0.29) is 12.3 Å². The Balaban J connectivity index is 1.56. The monoisotopic (exact) mass is 350 g/mol. The standard InChI is InChI=1S/C16H12F2N2OS2/c17-11-5-3-10(8-12(11)18)4-6-15(21)20-16-19-13(9-23-16)14-2-1-7-22-14/h1-3,5,7-9H,4,6H2,(H,19,20,21). The first-order valence-electron chi connectivity index (χ1n) is 6.85. The SMILES string of the molecule is O=C(CCc1ccc(F)c(F)c1)Nc1nc(-c2cccs2)cs1. The van der Waals surface area contributed by atoms with Crippen molar-refractivity contribution in [3.05, 3.63) is 58.3 Å². The molecule has 0 radical (unpaired) electrons. The van der Waals surface area contributed by atoms with Crippen molar-refractivity contribution in [2.45, 2.75) is 12.8 Å². The Labute approximate surface area is 139 Å². The largest absolute Gasteiger partial charge is 0.302 e. The van der Waals surface area contributed by atoms with Crippen LogP contribution in [-0.4, -0.2) is 10.9 Å². The fraction of sp³-hybridized carbons (Fsp3) is 0.125. The molecular weight excluding hydrogens is 338 g/mol. The normalized spacial score (nSPS) is 10.7. The predicted molar refractivity (Wildman–Crippen MR) is 88.7 cm³/mol. The molecule has 0 unspecified atom stereocenters. The molecular formula is C16H12F2N2OS2. The molecule has 1 aromatic carbocycles. The van der Waals surface area contributed by atoms with E-state index in [2.05, 4.69) is 10.3 Å². The van der Waals surface area contributed by atoms with Crippen LogP contribution in [0.4, 0.5) is 13.9 Å². The van der Waals surface area contributed by atoms with Crippen LogP contribution in [-0.2, 0) is 11.2 Å². The molecule has 0 atom stereocenters. The number of halogens is 2. The smallest absolute Gasteiger partial charge is 0.226 e. The summed E-state index contributed by atoms with van der Waals surface area (Å²) >= 11 is 2.94. The molecule has 118 valence electrons. The average Bonchev–Trinajstić information content (AvgIpc) is 3.19. The van der Waals surface area contributed by atoms with E-state index in [0.717, 1.165) is 22.7 Å². The molecule has 0 spiro atoms. The topological polar surface area (TPSA) is 42.0 Å². The van der Waals surface area contributed by atoms with Crippen molar-refractivity contribution in [1.82, 2.24) is 4.98 Å². The second kappa shape index (κ2) is 6.97. The fourth-order valence-corrected chi connectivity index (χ4v) is 3.49. The number of hydrogen-bond donors (Lipinski definition) is 1. The molecule has 0 aliphatic carbocycles. The lowest BCUT2D eigenvalue weighted by Crippen LogP contribution is -2.12. The molecule has 0 fully saturated rings. The molecule has 3 rings (SSSR count). The van der Waals surface area contributed by atoms with E-state index in [1.54, 1.807) is 11.3 Å². The highest BCUT2D eigenvalue weighted by Crippen LogP contribution is 2.28. The third-order valence-electron chi connectivity index (χ3n) is 3.15. The number of thiophene rings is 1. The van der Waals surface area contributed by atoms with Gasteiger partial charge in [0, 0.05) is 11.8 Å². The number of amides is 1. The zero-order valence-electron chi connectivity index (χ0n) is 11.9. The lowest BCUT2D eigenvalue weighted by molar-refractivity contribution is -0.116. The Morgan fingerprint density at radius 3 is 2.78 bits per heavy atom. The van der Waals surface area contributed by atoms with Crippen LogP contribution in [0, 0.1) is 11.6 Å². The summed E-state index contributed by atoms with van der Waals surface area (Å²) in [5.74, 6) is -1.99. The van der Waals surface area contributed by atoms with Crippen LogP contribution in [0.5, 0.6) is 0 Å². The number of benzene rings is 1. The van der Waals surface area contributed by atoms with Crippen LogP contribution in [0.3, 0.4) is 0 Å². The Morgan fingerprint density at radius 1 is 1.17 bits per heavy atom. The van der Waals surface area contributed by atoms with E-state index in [1.165, 1.54) is 17.4 Å². The fourth-order valence-electron chi connectivity index (χ4n) is 2.00. The molecule has 0 bridgehead atoms. The number of nitrogens with one attached hydrogen (secondary N) is 1. The minimum atomic E-state index is -0.900. The summed E-state index contributed by atoms with van der Waals surface area (Å²) in [7, 11) is 0. The van der Waals surface area contributed by atoms with Gasteiger partial charge in [0.05, 0.1) is 10.6 Å². The maximum absolute atomic E-state index is 13.1. The maximum atomic E-state index is 13.1. The minimum Gasteiger partial charge on any atom is -0.302 e. The Hall–Kier alpha value is -2.12. The van der Waals surface area contributed by atoms with Gasteiger partial charge in [-0.05, 0) is 35.6 Å². The third kappa shape index (κ3) is 4.00. The van der Waals surface area contributed by atoms with E-state index in [4.69, 9.17) is 0 Å². The first-order valence-corrected chi connectivity index (χ1v) is 8.61. The molecule has 23 heavy (non-hydrogen) atoms. The number of hydrogen-bond acceptors (Lipinski definition) is 4. The molecule has 3 aromatic rings. The molecule has 7 heteroatoms. The van der Waals surface area contributed by atoms with Gasteiger partial charge in [0.1, 0.15) is 0 Å². The summed E-state index contributed by atoms with van der Waals surface area (Å²) in [5, 5.41) is 7.11. The maximum Gasteiger partial charge on any atom is 0.226 e. The van der Waals surface area contributed by atoms with Gasteiger partial charge >= 0.3 is 0 Å². The molecule has 1 N–H and O–H groups in total. The third-order valence-corrected chi connectivity index (χ3v) is 4.80. The lowest BCUT2D eigenvalue weighted by Gasteiger charge is -2.03. The van der Waals surface area contributed by atoms with Crippen molar-refractivity contribution >= 4 is 33.7 Å². The molecule has 2 aromatic heterocycles. The summed E-state index contributed by atoms with van der Waals surface area (Å²) in [4.78, 5) is 17.3.